The van der Waals surface area contributed by atoms with E-state index in [1.54, 1.807) is 6.92 Å². The van der Waals surface area contributed by atoms with Crippen molar-refractivity contribution < 1.29 is 19.1 Å². The summed E-state index contributed by atoms with van der Waals surface area (Å²) >= 11 is 5.98. The van der Waals surface area contributed by atoms with Crippen molar-refractivity contribution in [3.63, 3.8) is 0 Å². The van der Waals surface area contributed by atoms with E-state index in [1.165, 1.54) is 11.8 Å². The Labute approximate surface area is 180 Å². The number of β-lactam (4-membered cyclic amide) rings is 1. The highest BCUT2D eigenvalue weighted by atomic mass is 35.5. The molecule has 0 aliphatic carbocycles. The average Bonchev–Trinajstić information content (AvgIpc) is 2.77. The molecule has 156 valence electrons. The number of amides is 2. The molecule has 2 amide bonds. The van der Waals surface area contributed by atoms with Gasteiger partial charge in [0.2, 0.25) is 5.91 Å². The van der Waals surface area contributed by atoms with Crippen LogP contribution in [0.4, 0.5) is 0 Å². The maximum Gasteiger partial charge on any atom is 0.355 e. The van der Waals surface area contributed by atoms with E-state index in [4.69, 9.17) is 16.3 Å². The minimum absolute atomic E-state index is 0.0698. The van der Waals surface area contributed by atoms with Gasteiger partial charge < -0.3 is 15.0 Å². The maximum atomic E-state index is 13.2. The van der Waals surface area contributed by atoms with Crippen LogP contribution >= 0.6 is 11.6 Å². The number of hydrogen-bond donors (Lipinski definition) is 1. The number of likely N-dealkylation sites (tertiary alicyclic amines) is 1. The Morgan fingerprint density at radius 1 is 1.07 bits per heavy atom. The summed E-state index contributed by atoms with van der Waals surface area (Å²) in [6.45, 7) is 3.22. The van der Waals surface area contributed by atoms with Crippen LogP contribution in [0.15, 0.2) is 71.9 Å². The molecular formula is C23H23ClN2O4. The molecule has 0 bridgehead atoms. The molecule has 1 atom stereocenters. The summed E-state index contributed by atoms with van der Waals surface area (Å²) in [5, 5.41) is 2.56. The molecule has 7 heteroatoms. The number of carbonyl (C=O) groups excluding carboxylic acids is 3. The Morgan fingerprint density at radius 3 is 2.03 bits per heavy atom. The lowest BCUT2D eigenvalue weighted by Crippen LogP contribution is -2.63. The minimum Gasteiger partial charge on any atom is -0.448 e. The zero-order valence-corrected chi connectivity index (χ0v) is 17.6. The summed E-state index contributed by atoms with van der Waals surface area (Å²) in [5.41, 5.74) is 2.27. The number of nitrogens with one attached hydrogen (secondary N) is 1. The molecule has 1 fully saturated rings. The van der Waals surface area contributed by atoms with Gasteiger partial charge in [0.15, 0.2) is 6.10 Å². The number of alkyl halides is 1. The van der Waals surface area contributed by atoms with Crippen molar-refractivity contribution >= 4 is 29.4 Å². The van der Waals surface area contributed by atoms with Gasteiger partial charge in [-0.3, -0.25) is 9.59 Å². The predicted octanol–water partition coefficient (Wildman–Crippen LogP) is 3.18. The maximum absolute atomic E-state index is 13.2. The molecule has 6 nitrogen and oxygen atoms in total. The number of nitrogens with zero attached hydrogens (tertiary/aromatic N) is 1. The Balaban J connectivity index is 1.87. The lowest BCUT2D eigenvalue weighted by molar-refractivity contribution is -0.153. The molecule has 1 saturated heterocycles. The van der Waals surface area contributed by atoms with Crippen molar-refractivity contribution in [3.8, 4) is 0 Å². The van der Waals surface area contributed by atoms with Crippen molar-refractivity contribution in [2.24, 2.45) is 0 Å². The number of benzene rings is 2. The van der Waals surface area contributed by atoms with Crippen molar-refractivity contribution in [1.82, 2.24) is 10.2 Å². The quantitative estimate of drug-likeness (QED) is 0.319. The molecule has 2 aromatic rings. The first-order chi connectivity index (χ1) is 14.4. The van der Waals surface area contributed by atoms with E-state index in [0.717, 1.165) is 11.1 Å². The first-order valence-corrected chi connectivity index (χ1v) is 10.1. The number of allylic oxidation sites excluding steroid dienone is 1. The molecule has 0 saturated carbocycles. The molecule has 2 aromatic carbocycles. The zero-order chi connectivity index (χ0) is 21.7. The Morgan fingerprint density at radius 2 is 1.60 bits per heavy atom. The molecule has 1 unspecified atom stereocenters. The lowest BCUT2D eigenvalue weighted by atomic mass is 10.0. The topological polar surface area (TPSA) is 75.7 Å². The van der Waals surface area contributed by atoms with E-state index in [2.05, 4.69) is 5.32 Å². The summed E-state index contributed by atoms with van der Waals surface area (Å²) in [4.78, 5) is 38.3. The summed E-state index contributed by atoms with van der Waals surface area (Å²) < 4.78 is 5.89. The van der Waals surface area contributed by atoms with Crippen LogP contribution in [0.3, 0.4) is 0 Å². The van der Waals surface area contributed by atoms with Gasteiger partial charge in [0.05, 0.1) is 6.54 Å². The van der Waals surface area contributed by atoms with E-state index in [9.17, 15) is 14.4 Å². The molecule has 3 rings (SSSR count). The second kappa shape index (κ2) is 9.59. The Bertz CT molecular complexity index is 920. The molecule has 0 aromatic heterocycles. The summed E-state index contributed by atoms with van der Waals surface area (Å²) in [7, 11) is 0. The molecular weight excluding hydrogens is 404 g/mol. The smallest absolute Gasteiger partial charge is 0.355 e. The number of rotatable bonds is 7. The van der Waals surface area contributed by atoms with Crippen LogP contribution in [0.1, 0.15) is 31.1 Å². The van der Waals surface area contributed by atoms with Gasteiger partial charge in [0.1, 0.15) is 11.7 Å². The third-order valence-corrected chi connectivity index (χ3v) is 5.21. The van der Waals surface area contributed by atoms with Crippen molar-refractivity contribution in [2.45, 2.75) is 26.0 Å². The van der Waals surface area contributed by atoms with E-state index in [1.807, 2.05) is 60.7 Å². The van der Waals surface area contributed by atoms with Crippen molar-refractivity contribution in [3.05, 3.63) is 83.1 Å². The van der Waals surface area contributed by atoms with E-state index >= 15 is 0 Å². The zero-order valence-electron chi connectivity index (χ0n) is 16.8. The minimum atomic E-state index is -0.646. The fraction of sp³-hybridized carbons (Fsp3) is 0.261. The molecule has 1 aliphatic heterocycles. The first-order valence-electron chi connectivity index (χ1n) is 9.57. The highest BCUT2D eigenvalue weighted by Gasteiger charge is 2.42. The van der Waals surface area contributed by atoms with Gasteiger partial charge in [-0.15, -0.1) is 11.6 Å². The van der Waals surface area contributed by atoms with Crippen LogP contribution in [-0.4, -0.2) is 41.2 Å². The van der Waals surface area contributed by atoms with Gasteiger partial charge in [-0.05, 0) is 23.6 Å². The number of esters is 1. The second-order valence-electron chi connectivity index (χ2n) is 7.07. The fourth-order valence-electron chi connectivity index (χ4n) is 3.31. The van der Waals surface area contributed by atoms with Crippen LogP contribution in [0.2, 0.25) is 0 Å². The second-order valence-corrected chi connectivity index (χ2v) is 7.34. The third kappa shape index (κ3) is 4.71. The standard InChI is InChI=1S/C23H23ClN2O4/c1-15(13-24)20(26-14-19(22(26)28)25-16(2)27)23(29)30-21(17-9-5-3-6-10-17)18-11-7-4-8-12-18/h3-12,19,21H,13-14H2,1-2H3,(H,25,27)/b20-15-. The number of hydrogen-bond acceptors (Lipinski definition) is 4. The first kappa shape index (κ1) is 21.6. The molecule has 1 aliphatic rings. The molecule has 1 heterocycles. The number of halogens is 1. The monoisotopic (exact) mass is 426 g/mol. The fourth-order valence-corrected chi connectivity index (χ4v) is 3.43. The molecule has 0 radical (unpaired) electrons. The normalized spacial score (nSPS) is 16.6. The summed E-state index contributed by atoms with van der Waals surface area (Å²) in [5.74, 6) is -1.23. The largest absolute Gasteiger partial charge is 0.448 e. The van der Waals surface area contributed by atoms with Crippen molar-refractivity contribution in [1.29, 1.82) is 0 Å². The van der Waals surface area contributed by atoms with E-state index < -0.39 is 18.1 Å². The van der Waals surface area contributed by atoms with Crippen LogP contribution < -0.4 is 5.32 Å². The predicted molar refractivity (Wildman–Crippen MR) is 114 cm³/mol. The highest BCUT2D eigenvalue weighted by molar-refractivity contribution is 6.20. The Kier molecular flexibility index (Phi) is 6.90. The van der Waals surface area contributed by atoms with Crippen LogP contribution in [0, 0.1) is 0 Å². The molecule has 30 heavy (non-hydrogen) atoms. The van der Waals surface area contributed by atoms with Crippen LogP contribution in [-0.2, 0) is 19.1 Å². The highest BCUT2D eigenvalue weighted by Crippen LogP contribution is 2.29. The number of ether oxygens (including phenoxy) is 1. The SMILES string of the molecule is CC(=O)NC1CN(/C(C(=O)OC(c2ccccc2)c2ccccc2)=C(/C)CCl)C1=O. The van der Waals surface area contributed by atoms with Crippen LogP contribution in [0.25, 0.3) is 0 Å². The van der Waals surface area contributed by atoms with Gasteiger partial charge in [-0.25, -0.2) is 4.79 Å². The van der Waals surface area contributed by atoms with Crippen molar-refractivity contribution in [2.75, 3.05) is 12.4 Å². The van der Waals surface area contributed by atoms with E-state index in [-0.39, 0.29) is 29.9 Å². The van der Waals surface area contributed by atoms with Gasteiger partial charge in [0, 0.05) is 12.8 Å². The van der Waals surface area contributed by atoms with E-state index in [0.29, 0.717) is 5.57 Å². The van der Waals surface area contributed by atoms with Gasteiger partial charge >= 0.3 is 5.97 Å². The lowest BCUT2D eigenvalue weighted by Gasteiger charge is -2.39. The summed E-state index contributed by atoms with van der Waals surface area (Å²) in [6.07, 6.45) is -0.638. The van der Waals surface area contributed by atoms with Crippen LogP contribution in [0.5, 0.6) is 0 Å². The average molecular weight is 427 g/mol. The van der Waals surface area contributed by atoms with Gasteiger partial charge in [0.25, 0.3) is 5.91 Å². The third-order valence-electron chi connectivity index (χ3n) is 4.80. The molecule has 0 spiro atoms. The van der Waals surface area contributed by atoms with Gasteiger partial charge in [-0.2, -0.15) is 0 Å². The Hall–Kier alpha value is -3.12. The molecule has 1 N–H and O–H groups in total. The van der Waals surface area contributed by atoms with Gasteiger partial charge in [-0.1, -0.05) is 60.7 Å². The summed E-state index contributed by atoms with van der Waals surface area (Å²) in [6, 6.07) is 18.1. The number of carbonyl (C=O) groups is 3.